The smallest absolute Gasteiger partial charge is 0.425 e. The first kappa shape index (κ1) is 25.5. The van der Waals surface area contributed by atoms with Gasteiger partial charge in [-0.1, -0.05) is 0 Å². The van der Waals surface area contributed by atoms with Crippen LogP contribution in [0.3, 0.4) is 0 Å². The number of carbonyl (C=O) groups is 1. The van der Waals surface area contributed by atoms with Crippen molar-refractivity contribution < 1.29 is 49.4 Å². The molecule has 13 heteroatoms. The van der Waals surface area contributed by atoms with Crippen LogP contribution >= 0.6 is 0 Å². The summed E-state index contributed by atoms with van der Waals surface area (Å²) < 4.78 is 105. The number of rotatable bonds is 7. The van der Waals surface area contributed by atoms with Crippen molar-refractivity contribution in [3.63, 3.8) is 0 Å². The number of amides is 1. The quantitative estimate of drug-likeness (QED) is 0.531. The Morgan fingerprint density at radius 2 is 1.76 bits per heavy atom. The number of ether oxygens (including phenoxy) is 3. The van der Waals surface area contributed by atoms with Crippen molar-refractivity contribution in [1.82, 2.24) is 4.90 Å². The summed E-state index contributed by atoms with van der Waals surface area (Å²) in [7, 11) is -2.84. The van der Waals surface area contributed by atoms with E-state index >= 15 is 0 Å². The van der Waals surface area contributed by atoms with Crippen LogP contribution in [0.2, 0.25) is 0 Å². The maximum Gasteiger partial charge on any atom is 0.425 e. The van der Waals surface area contributed by atoms with Crippen LogP contribution in [0.4, 0.5) is 22.0 Å². The van der Waals surface area contributed by atoms with E-state index in [1.54, 1.807) is 0 Å². The maximum atomic E-state index is 13.4. The molecule has 7 nitrogen and oxygen atoms in total. The lowest BCUT2D eigenvalue weighted by Crippen LogP contribution is -2.56. The molecule has 0 aliphatic carbocycles. The first-order chi connectivity index (χ1) is 15.7. The van der Waals surface area contributed by atoms with Crippen LogP contribution < -0.4 is 14.2 Å². The molecule has 1 unspecified atom stereocenters. The zero-order valence-electron chi connectivity index (χ0n) is 18.2. The maximum absolute atomic E-state index is 13.4. The highest BCUT2D eigenvalue weighted by atomic mass is 32.2. The van der Waals surface area contributed by atoms with Gasteiger partial charge in [-0.05, 0) is 31.2 Å². The molecule has 1 heterocycles. The molecule has 0 saturated carbocycles. The molecule has 0 bridgehead atoms. The summed E-state index contributed by atoms with van der Waals surface area (Å²) >= 11 is 0. The van der Waals surface area contributed by atoms with E-state index < -0.39 is 67.7 Å². The van der Waals surface area contributed by atoms with Gasteiger partial charge in [-0.25, -0.2) is 17.2 Å². The zero-order valence-corrected chi connectivity index (χ0v) is 19.0. The Hall–Kier alpha value is -3.09. The summed E-state index contributed by atoms with van der Waals surface area (Å²) in [6.45, 7) is 0.622. The molecule has 0 spiro atoms. The number of likely N-dealkylation sites (tertiary alicyclic amines) is 1. The zero-order chi connectivity index (χ0) is 25.4. The minimum absolute atomic E-state index is 0.0238. The van der Waals surface area contributed by atoms with Crippen molar-refractivity contribution >= 4 is 15.7 Å². The van der Waals surface area contributed by atoms with Crippen molar-refractivity contribution in [3.8, 4) is 17.2 Å². The van der Waals surface area contributed by atoms with Crippen LogP contribution in [0.1, 0.15) is 17.3 Å². The number of hydrogen-bond donors (Lipinski definition) is 0. The van der Waals surface area contributed by atoms with Gasteiger partial charge >= 0.3 is 6.18 Å². The lowest BCUT2D eigenvalue weighted by Gasteiger charge is -2.39. The molecule has 34 heavy (non-hydrogen) atoms. The second-order valence-electron chi connectivity index (χ2n) is 7.57. The highest BCUT2D eigenvalue weighted by Gasteiger charge is 2.41. The molecule has 1 fully saturated rings. The molecule has 0 aromatic heterocycles. The summed E-state index contributed by atoms with van der Waals surface area (Å²) in [5.74, 6) is -3.97. The fourth-order valence-electron chi connectivity index (χ4n) is 3.18. The standard InChI is InChI=1S/C21H20F5NO6S/c1-11(21(24,25)26)32-16-6-7-17(34(3,29)30)19(31-2)18(16)20(28)27-9-13(10-27)33-12-4-5-14(22)15(23)8-12/h4-8,11,13H,9-10H2,1-3H3. The third-order valence-electron chi connectivity index (χ3n) is 4.99. The number of hydrogen-bond acceptors (Lipinski definition) is 6. The van der Waals surface area contributed by atoms with Crippen molar-refractivity contribution in [3.05, 3.63) is 47.5 Å². The Balaban J connectivity index is 1.88. The molecule has 0 N–H and O–H groups in total. The normalized spacial score (nSPS) is 15.5. The van der Waals surface area contributed by atoms with Gasteiger partial charge < -0.3 is 19.1 Å². The van der Waals surface area contributed by atoms with Crippen LogP contribution in [-0.2, 0) is 9.84 Å². The number of benzene rings is 2. The minimum Gasteiger partial charge on any atom is -0.494 e. The van der Waals surface area contributed by atoms with Crippen LogP contribution in [0.25, 0.3) is 0 Å². The van der Waals surface area contributed by atoms with Crippen LogP contribution in [0, 0.1) is 11.6 Å². The van der Waals surface area contributed by atoms with Gasteiger partial charge in [-0.2, -0.15) is 13.2 Å². The van der Waals surface area contributed by atoms with Crippen molar-refractivity contribution in [2.75, 3.05) is 26.5 Å². The van der Waals surface area contributed by atoms with E-state index in [0.29, 0.717) is 0 Å². The van der Waals surface area contributed by atoms with E-state index in [-0.39, 0.29) is 18.8 Å². The SMILES string of the molecule is COc1c(S(C)(=O)=O)ccc(OC(C)C(F)(F)F)c1C(=O)N1CC(Oc2ccc(F)c(F)c2)C1. The average molecular weight is 509 g/mol. The lowest BCUT2D eigenvalue weighted by molar-refractivity contribution is -0.189. The molecule has 2 aromatic carbocycles. The summed E-state index contributed by atoms with van der Waals surface area (Å²) in [4.78, 5) is 13.9. The van der Waals surface area contributed by atoms with Gasteiger partial charge in [0.2, 0.25) is 0 Å². The third kappa shape index (κ3) is 5.34. The predicted molar refractivity (Wildman–Crippen MR) is 109 cm³/mol. The molecule has 1 atom stereocenters. The Labute approximate surface area is 191 Å². The first-order valence-corrected chi connectivity index (χ1v) is 11.7. The van der Waals surface area contributed by atoms with E-state index in [4.69, 9.17) is 14.2 Å². The minimum atomic E-state index is -4.75. The monoisotopic (exact) mass is 509 g/mol. The van der Waals surface area contributed by atoms with E-state index in [9.17, 15) is 35.2 Å². The summed E-state index contributed by atoms with van der Waals surface area (Å²) in [6, 6.07) is 4.87. The van der Waals surface area contributed by atoms with Gasteiger partial charge in [0, 0.05) is 12.3 Å². The fraction of sp³-hybridized carbons (Fsp3) is 0.381. The second-order valence-corrected chi connectivity index (χ2v) is 9.55. The Morgan fingerprint density at radius 1 is 1.12 bits per heavy atom. The summed E-state index contributed by atoms with van der Waals surface area (Å²) in [6.07, 6.45) is -6.80. The number of nitrogens with zero attached hydrogens (tertiary/aromatic N) is 1. The topological polar surface area (TPSA) is 82.1 Å². The number of sulfone groups is 1. The Kier molecular flexibility index (Phi) is 6.97. The molecule has 0 radical (unpaired) electrons. The predicted octanol–water partition coefficient (Wildman–Crippen LogP) is 3.61. The third-order valence-corrected chi connectivity index (χ3v) is 6.11. The van der Waals surface area contributed by atoms with E-state index in [1.807, 2.05) is 0 Å². The Morgan fingerprint density at radius 3 is 2.29 bits per heavy atom. The second kappa shape index (κ2) is 9.28. The molecule has 1 aliphatic heterocycles. The van der Waals surface area contributed by atoms with Crippen LogP contribution in [0.5, 0.6) is 17.2 Å². The van der Waals surface area contributed by atoms with Crippen molar-refractivity contribution in [2.45, 2.75) is 30.2 Å². The molecule has 3 rings (SSSR count). The molecule has 1 saturated heterocycles. The van der Waals surface area contributed by atoms with Gasteiger partial charge in [-0.15, -0.1) is 0 Å². The highest BCUT2D eigenvalue weighted by Crippen LogP contribution is 2.38. The fourth-order valence-corrected chi connectivity index (χ4v) is 4.01. The van der Waals surface area contributed by atoms with E-state index in [0.717, 1.165) is 44.6 Å². The van der Waals surface area contributed by atoms with Gasteiger partial charge in [-0.3, -0.25) is 4.79 Å². The number of carbonyl (C=O) groups excluding carboxylic acids is 1. The molecule has 2 aromatic rings. The highest BCUT2D eigenvalue weighted by molar-refractivity contribution is 7.90. The van der Waals surface area contributed by atoms with Crippen LogP contribution in [-0.4, -0.2) is 64.1 Å². The molecule has 1 aliphatic rings. The van der Waals surface area contributed by atoms with Gasteiger partial charge in [0.1, 0.15) is 28.1 Å². The van der Waals surface area contributed by atoms with Gasteiger partial charge in [0.25, 0.3) is 5.91 Å². The van der Waals surface area contributed by atoms with Crippen LogP contribution in [0.15, 0.2) is 35.2 Å². The first-order valence-electron chi connectivity index (χ1n) is 9.77. The Bertz CT molecular complexity index is 1190. The number of halogens is 5. The van der Waals surface area contributed by atoms with E-state index in [2.05, 4.69) is 0 Å². The number of alkyl halides is 3. The van der Waals surface area contributed by atoms with Crippen molar-refractivity contribution in [2.24, 2.45) is 0 Å². The number of methoxy groups -OCH3 is 1. The van der Waals surface area contributed by atoms with Gasteiger partial charge in [0.05, 0.1) is 20.2 Å². The van der Waals surface area contributed by atoms with Crippen molar-refractivity contribution in [1.29, 1.82) is 0 Å². The molecular formula is C21H20F5NO6S. The molecule has 186 valence electrons. The lowest BCUT2D eigenvalue weighted by atomic mass is 10.1. The van der Waals surface area contributed by atoms with Gasteiger partial charge in [0.15, 0.2) is 33.3 Å². The van der Waals surface area contributed by atoms with E-state index in [1.165, 1.54) is 11.0 Å². The summed E-state index contributed by atoms with van der Waals surface area (Å²) in [5, 5.41) is 0. The molecule has 1 amide bonds. The largest absolute Gasteiger partial charge is 0.494 e. The average Bonchev–Trinajstić information content (AvgIpc) is 2.70. The summed E-state index contributed by atoms with van der Waals surface area (Å²) in [5.41, 5.74) is -0.493. The molecular weight excluding hydrogens is 489 g/mol.